The van der Waals surface area contributed by atoms with Crippen LogP contribution in [0.5, 0.6) is 0 Å². The number of anilines is 2. The minimum absolute atomic E-state index is 0.134. The maximum Gasteiger partial charge on any atom is 0.255 e. The number of benzene rings is 3. The van der Waals surface area contributed by atoms with E-state index < -0.39 is 0 Å². The Kier molecular flexibility index (Phi) is 4.91. The summed E-state index contributed by atoms with van der Waals surface area (Å²) in [4.78, 5) is 22.8. The van der Waals surface area contributed by atoms with E-state index in [9.17, 15) is 4.79 Å². The number of fused-ring (bicyclic) bond motifs is 1. The smallest absolute Gasteiger partial charge is 0.255 e. The monoisotopic (exact) mass is 398 g/mol. The SMILES string of the molecule is O=C(Nc1ccc(N2CCOCC2)cc1)c1ccc(-c2nc3ccccc3[nH]2)cc1. The number of H-pyrrole nitrogens is 1. The largest absolute Gasteiger partial charge is 0.378 e. The minimum Gasteiger partial charge on any atom is -0.378 e. The van der Waals surface area contributed by atoms with Crippen LogP contribution >= 0.6 is 0 Å². The third-order valence-electron chi connectivity index (χ3n) is 5.31. The summed E-state index contributed by atoms with van der Waals surface area (Å²) in [5, 5.41) is 2.96. The lowest BCUT2D eigenvalue weighted by Crippen LogP contribution is -2.36. The summed E-state index contributed by atoms with van der Waals surface area (Å²) in [5.41, 5.74) is 5.39. The molecule has 2 N–H and O–H groups in total. The van der Waals surface area contributed by atoms with Crippen molar-refractivity contribution < 1.29 is 9.53 Å². The van der Waals surface area contributed by atoms with Crippen LogP contribution in [0.15, 0.2) is 72.8 Å². The highest BCUT2D eigenvalue weighted by atomic mass is 16.5. The summed E-state index contributed by atoms with van der Waals surface area (Å²) in [6, 6.07) is 23.3. The summed E-state index contributed by atoms with van der Waals surface area (Å²) < 4.78 is 5.39. The van der Waals surface area contributed by atoms with E-state index in [1.165, 1.54) is 0 Å². The third-order valence-corrected chi connectivity index (χ3v) is 5.31. The van der Waals surface area contributed by atoms with Crippen LogP contribution in [-0.2, 0) is 4.74 Å². The van der Waals surface area contributed by atoms with Gasteiger partial charge in [0.05, 0.1) is 24.2 Å². The third kappa shape index (κ3) is 3.77. The molecule has 0 radical (unpaired) electrons. The molecule has 3 aromatic carbocycles. The van der Waals surface area contributed by atoms with Crippen molar-refractivity contribution in [2.24, 2.45) is 0 Å². The number of nitrogens with zero attached hydrogens (tertiary/aromatic N) is 2. The first kappa shape index (κ1) is 18.4. The highest BCUT2D eigenvalue weighted by Crippen LogP contribution is 2.22. The van der Waals surface area contributed by atoms with Gasteiger partial charge in [0.25, 0.3) is 5.91 Å². The summed E-state index contributed by atoms with van der Waals surface area (Å²) in [7, 11) is 0. The molecule has 30 heavy (non-hydrogen) atoms. The number of imidazole rings is 1. The number of nitrogens with one attached hydrogen (secondary N) is 2. The van der Waals surface area contributed by atoms with Crippen LogP contribution in [0.25, 0.3) is 22.4 Å². The molecule has 1 saturated heterocycles. The number of morpholine rings is 1. The molecule has 5 rings (SSSR count). The molecule has 0 atom stereocenters. The zero-order valence-corrected chi connectivity index (χ0v) is 16.5. The van der Waals surface area contributed by atoms with Crippen molar-refractivity contribution in [2.45, 2.75) is 0 Å². The fourth-order valence-corrected chi connectivity index (χ4v) is 3.65. The fourth-order valence-electron chi connectivity index (χ4n) is 3.65. The van der Waals surface area contributed by atoms with E-state index in [-0.39, 0.29) is 5.91 Å². The zero-order valence-electron chi connectivity index (χ0n) is 16.5. The van der Waals surface area contributed by atoms with E-state index in [0.29, 0.717) is 5.56 Å². The van der Waals surface area contributed by atoms with Crippen LogP contribution in [0.3, 0.4) is 0 Å². The van der Waals surface area contributed by atoms with Gasteiger partial charge in [-0.2, -0.15) is 0 Å². The molecule has 1 amide bonds. The van der Waals surface area contributed by atoms with Gasteiger partial charge in [0.1, 0.15) is 5.82 Å². The van der Waals surface area contributed by atoms with E-state index >= 15 is 0 Å². The average molecular weight is 398 g/mol. The van der Waals surface area contributed by atoms with E-state index in [2.05, 4.69) is 20.2 Å². The van der Waals surface area contributed by atoms with Crippen molar-refractivity contribution >= 4 is 28.3 Å². The van der Waals surface area contributed by atoms with Crippen molar-refractivity contribution in [1.82, 2.24) is 9.97 Å². The van der Waals surface area contributed by atoms with Gasteiger partial charge in [-0.15, -0.1) is 0 Å². The van der Waals surface area contributed by atoms with Crippen molar-refractivity contribution in [3.63, 3.8) is 0 Å². The predicted octanol–water partition coefficient (Wildman–Crippen LogP) is 4.32. The Hall–Kier alpha value is -3.64. The molecule has 4 aromatic rings. The van der Waals surface area contributed by atoms with Crippen molar-refractivity contribution in [2.75, 3.05) is 36.5 Å². The lowest BCUT2D eigenvalue weighted by atomic mass is 10.1. The molecule has 0 bridgehead atoms. The molecule has 0 aliphatic carbocycles. The van der Waals surface area contributed by atoms with Crippen LogP contribution in [0, 0.1) is 0 Å². The summed E-state index contributed by atoms with van der Waals surface area (Å²) in [6.07, 6.45) is 0. The molecule has 1 aliphatic rings. The quantitative estimate of drug-likeness (QED) is 0.537. The zero-order chi connectivity index (χ0) is 20.3. The van der Waals surface area contributed by atoms with Gasteiger partial charge in [-0.3, -0.25) is 4.79 Å². The topological polar surface area (TPSA) is 70.2 Å². The molecule has 1 fully saturated rings. The number of para-hydroxylation sites is 2. The van der Waals surface area contributed by atoms with Crippen LogP contribution in [0.1, 0.15) is 10.4 Å². The molecule has 0 unspecified atom stereocenters. The lowest BCUT2D eigenvalue weighted by Gasteiger charge is -2.28. The summed E-state index contributed by atoms with van der Waals surface area (Å²) >= 11 is 0. The summed E-state index contributed by atoms with van der Waals surface area (Å²) in [5.74, 6) is 0.659. The van der Waals surface area contributed by atoms with Crippen LogP contribution < -0.4 is 10.2 Å². The number of rotatable bonds is 4. The van der Waals surface area contributed by atoms with Crippen molar-refractivity contribution in [1.29, 1.82) is 0 Å². The Bertz CT molecular complexity index is 1130. The summed E-state index contributed by atoms with van der Waals surface area (Å²) in [6.45, 7) is 3.29. The van der Waals surface area contributed by atoms with Crippen LogP contribution in [0.2, 0.25) is 0 Å². The molecule has 6 nitrogen and oxygen atoms in total. The minimum atomic E-state index is -0.134. The fraction of sp³-hybridized carbons (Fsp3) is 0.167. The van der Waals surface area contributed by atoms with Gasteiger partial charge in [0.2, 0.25) is 0 Å². The number of carbonyl (C=O) groups excluding carboxylic acids is 1. The Morgan fingerprint density at radius 2 is 1.67 bits per heavy atom. The lowest BCUT2D eigenvalue weighted by molar-refractivity contribution is 0.102. The van der Waals surface area contributed by atoms with E-state index in [1.54, 1.807) is 0 Å². The Balaban J connectivity index is 1.27. The second kappa shape index (κ2) is 8.00. The van der Waals surface area contributed by atoms with Crippen LogP contribution in [0.4, 0.5) is 11.4 Å². The maximum atomic E-state index is 12.6. The van der Waals surface area contributed by atoms with E-state index in [0.717, 1.165) is 60.1 Å². The molecular weight excluding hydrogens is 376 g/mol. The number of aromatic nitrogens is 2. The number of ether oxygens (including phenoxy) is 1. The Morgan fingerprint density at radius 3 is 2.40 bits per heavy atom. The Labute approximate surface area is 174 Å². The number of aromatic amines is 1. The van der Waals surface area contributed by atoms with Crippen molar-refractivity contribution in [3.8, 4) is 11.4 Å². The number of hydrogen-bond donors (Lipinski definition) is 2. The second-order valence-corrected chi connectivity index (χ2v) is 7.28. The first-order valence-electron chi connectivity index (χ1n) is 10.1. The van der Waals surface area contributed by atoms with Gasteiger partial charge in [-0.25, -0.2) is 4.98 Å². The molecule has 150 valence electrons. The van der Waals surface area contributed by atoms with Crippen LogP contribution in [-0.4, -0.2) is 42.2 Å². The molecular formula is C24H22N4O2. The normalized spacial score (nSPS) is 14.1. The Morgan fingerprint density at radius 1 is 0.933 bits per heavy atom. The average Bonchev–Trinajstić information content (AvgIpc) is 3.25. The molecule has 0 spiro atoms. The molecule has 6 heteroatoms. The number of amides is 1. The van der Waals surface area contributed by atoms with Gasteiger partial charge < -0.3 is 19.9 Å². The van der Waals surface area contributed by atoms with Gasteiger partial charge in [-0.05, 0) is 48.5 Å². The maximum absolute atomic E-state index is 12.6. The molecule has 1 aliphatic heterocycles. The highest BCUT2D eigenvalue weighted by Gasteiger charge is 2.12. The number of carbonyl (C=O) groups is 1. The molecule has 2 heterocycles. The first-order valence-corrected chi connectivity index (χ1v) is 10.1. The molecule has 0 saturated carbocycles. The first-order chi connectivity index (χ1) is 14.8. The van der Waals surface area contributed by atoms with Crippen molar-refractivity contribution in [3.05, 3.63) is 78.4 Å². The highest BCUT2D eigenvalue weighted by molar-refractivity contribution is 6.04. The number of hydrogen-bond acceptors (Lipinski definition) is 4. The van der Waals surface area contributed by atoms with E-state index in [1.807, 2.05) is 72.8 Å². The van der Waals surface area contributed by atoms with Gasteiger partial charge in [-0.1, -0.05) is 24.3 Å². The van der Waals surface area contributed by atoms with Gasteiger partial charge >= 0.3 is 0 Å². The van der Waals surface area contributed by atoms with Gasteiger partial charge in [0, 0.05) is 35.6 Å². The van der Waals surface area contributed by atoms with E-state index in [4.69, 9.17) is 4.74 Å². The standard InChI is InChI=1S/C24H22N4O2/c29-24(25-19-9-11-20(12-10-19)28-13-15-30-16-14-28)18-7-5-17(6-8-18)23-26-21-3-1-2-4-22(21)27-23/h1-12H,13-16H2,(H,25,29)(H,26,27). The predicted molar refractivity (Wildman–Crippen MR) is 119 cm³/mol. The van der Waals surface area contributed by atoms with Gasteiger partial charge in [0.15, 0.2) is 0 Å². The molecule has 1 aromatic heterocycles. The second-order valence-electron chi connectivity index (χ2n) is 7.28.